The fourth-order valence-corrected chi connectivity index (χ4v) is 2.46. The summed E-state index contributed by atoms with van der Waals surface area (Å²) in [7, 11) is 0. The van der Waals surface area contributed by atoms with Crippen molar-refractivity contribution in [3.8, 4) is 10.9 Å². The molecule has 1 heterocycles. The Balaban J connectivity index is 1.66. The Morgan fingerprint density at radius 3 is 3.05 bits per heavy atom. The number of halogens is 1. The van der Waals surface area contributed by atoms with Gasteiger partial charge >= 0.3 is 0 Å². The van der Waals surface area contributed by atoms with Crippen LogP contribution in [0.15, 0.2) is 18.2 Å². The maximum absolute atomic E-state index is 6.08. The molecule has 1 aromatic heterocycles. The highest BCUT2D eigenvalue weighted by Gasteiger charge is 2.20. The second kappa shape index (κ2) is 5.45. The fraction of sp³-hybridized carbons (Fsp3) is 0.385. The van der Waals surface area contributed by atoms with Crippen LogP contribution in [0.1, 0.15) is 23.4 Å². The number of nitrogens with one attached hydrogen (secondary N) is 1. The van der Waals surface area contributed by atoms with Crippen LogP contribution in [0, 0.1) is 6.92 Å². The van der Waals surface area contributed by atoms with Gasteiger partial charge in [-0.3, -0.25) is 0 Å². The van der Waals surface area contributed by atoms with Crippen LogP contribution in [0.4, 0.5) is 0 Å². The highest BCUT2D eigenvalue weighted by molar-refractivity contribution is 7.13. The maximum atomic E-state index is 6.08. The standard InChI is InChI=1S/C13H14ClN3OS/c1-8-2-5-10(14)11(6-8)18-13-17-16-12(19-13)7-15-9-3-4-9/h2,5-6,9,15H,3-4,7H2,1H3. The van der Waals surface area contributed by atoms with E-state index in [4.69, 9.17) is 16.3 Å². The SMILES string of the molecule is Cc1ccc(Cl)c(Oc2nnc(CNC3CC3)s2)c1. The molecule has 0 saturated heterocycles. The molecule has 1 fully saturated rings. The van der Waals surface area contributed by atoms with Gasteiger partial charge in [0.05, 0.1) is 11.6 Å². The minimum atomic E-state index is 0.528. The lowest BCUT2D eigenvalue weighted by atomic mass is 10.2. The molecular weight excluding hydrogens is 282 g/mol. The Labute approximate surface area is 120 Å². The molecule has 4 nitrogen and oxygen atoms in total. The molecule has 19 heavy (non-hydrogen) atoms. The third-order valence-electron chi connectivity index (χ3n) is 2.85. The molecule has 0 amide bonds. The van der Waals surface area contributed by atoms with Crippen molar-refractivity contribution >= 4 is 22.9 Å². The van der Waals surface area contributed by atoms with Crippen LogP contribution in [0.5, 0.6) is 10.9 Å². The summed E-state index contributed by atoms with van der Waals surface area (Å²) in [4.78, 5) is 0. The Morgan fingerprint density at radius 1 is 1.42 bits per heavy atom. The van der Waals surface area contributed by atoms with Gasteiger partial charge in [-0.2, -0.15) is 0 Å². The molecule has 0 unspecified atom stereocenters. The number of ether oxygens (including phenoxy) is 1. The minimum absolute atomic E-state index is 0.528. The average molecular weight is 296 g/mol. The third-order valence-corrected chi connectivity index (χ3v) is 3.97. The largest absolute Gasteiger partial charge is 0.428 e. The van der Waals surface area contributed by atoms with Crippen LogP contribution in [0.2, 0.25) is 5.02 Å². The van der Waals surface area contributed by atoms with Gasteiger partial charge in [-0.05, 0) is 37.5 Å². The number of rotatable bonds is 5. The molecule has 0 atom stereocenters. The topological polar surface area (TPSA) is 47.0 Å². The first-order valence-corrected chi connectivity index (χ1v) is 7.40. The summed E-state index contributed by atoms with van der Waals surface area (Å²) < 4.78 is 5.68. The number of benzene rings is 1. The molecule has 1 aliphatic carbocycles. The van der Waals surface area contributed by atoms with Crippen molar-refractivity contribution in [2.45, 2.75) is 32.4 Å². The normalized spacial score (nSPS) is 14.6. The van der Waals surface area contributed by atoms with Crippen molar-refractivity contribution < 1.29 is 4.74 Å². The van der Waals surface area contributed by atoms with Crippen LogP contribution in [0.25, 0.3) is 0 Å². The Hall–Kier alpha value is -1.17. The van der Waals surface area contributed by atoms with Crippen LogP contribution in [-0.2, 0) is 6.54 Å². The fourth-order valence-electron chi connectivity index (χ4n) is 1.65. The monoisotopic (exact) mass is 295 g/mol. The molecule has 100 valence electrons. The molecule has 0 spiro atoms. The number of hydrogen-bond donors (Lipinski definition) is 1. The van der Waals surface area contributed by atoms with Crippen molar-refractivity contribution in [2.24, 2.45) is 0 Å². The lowest BCUT2D eigenvalue weighted by Crippen LogP contribution is -2.14. The quantitative estimate of drug-likeness (QED) is 0.916. The van der Waals surface area contributed by atoms with E-state index in [0.717, 1.165) is 17.1 Å². The number of aromatic nitrogens is 2. The van der Waals surface area contributed by atoms with Gasteiger partial charge in [0.25, 0.3) is 5.19 Å². The zero-order valence-corrected chi connectivity index (χ0v) is 12.1. The number of hydrogen-bond acceptors (Lipinski definition) is 5. The molecule has 6 heteroatoms. The molecule has 1 N–H and O–H groups in total. The number of nitrogens with zero attached hydrogens (tertiary/aromatic N) is 2. The molecule has 3 rings (SSSR count). The van der Waals surface area contributed by atoms with Crippen molar-refractivity contribution in [3.63, 3.8) is 0 Å². The van der Waals surface area contributed by atoms with Crippen LogP contribution in [-0.4, -0.2) is 16.2 Å². The summed E-state index contributed by atoms with van der Waals surface area (Å²) in [6.45, 7) is 2.75. The van der Waals surface area contributed by atoms with Gasteiger partial charge in [0.2, 0.25) is 0 Å². The Kier molecular flexibility index (Phi) is 3.68. The number of aryl methyl sites for hydroxylation is 1. The molecular formula is C13H14ClN3OS. The van der Waals surface area contributed by atoms with E-state index in [-0.39, 0.29) is 0 Å². The van der Waals surface area contributed by atoms with E-state index in [0.29, 0.717) is 22.0 Å². The van der Waals surface area contributed by atoms with Gasteiger partial charge in [0, 0.05) is 6.04 Å². The lowest BCUT2D eigenvalue weighted by molar-refractivity contribution is 0.473. The van der Waals surface area contributed by atoms with Crippen LogP contribution >= 0.6 is 22.9 Å². The van der Waals surface area contributed by atoms with Gasteiger partial charge in [-0.15, -0.1) is 5.10 Å². The van der Waals surface area contributed by atoms with E-state index in [9.17, 15) is 0 Å². The Bertz CT molecular complexity index is 583. The van der Waals surface area contributed by atoms with E-state index in [1.165, 1.54) is 24.2 Å². The van der Waals surface area contributed by atoms with Gasteiger partial charge in [-0.25, -0.2) is 0 Å². The summed E-state index contributed by atoms with van der Waals surface area (Å²) in [6.07, 6.45) is 2.53. The first-order valence-electron chi connectivity index (χ1n) is 6.20. The van der Waals surface area contributed by atoms with Gasteiger partial charge in [0.1, 0.15) is 10.8 Å². The summed E-state index contributed by atoms with van der Waals surface area (Å²) >= 11 is 7.53. The van der Waals surface area contributed by atoms with E-state index < -0.39 is 0 Å². The third kappa shape index (κ3) is 3.43. The predicted octanol–water partition coefficient (Wildman–Crippen LogP) is 3.54. The van der Waals surface area contributed by atoms with Crippen molar-refractivity contribution in [1.82, 2.24) is 15.5 Å². The van der Waals surface area contributed by atoms with Gasteiger partial charge in [0.15, 0.2) is 0 Å². The minimum Gasteiger partial charge on any atom is -0.428 e. The summed E-state index contributed by atoms with van der Waals surface area (Å²) in [5, 5.41) is 13.6. The van der Waals surface area contributed by atoms with Crippen molar-refractivity contribution in [3.05, 3.63) is 33.8 Å². The molecule has 0 aliphatic heterocycles. The van der Waals surface area contributed by atoms with Crippen molar-refractivity contribution in [1.29, 1.82) is 0 Å². The van der Waals surface area contributed by atoms with Gasteiger partial charge in [-0.1, -0.05) is 34.1 Å². The zero-order chi connectivity index (χ0) is 13.2. The Morgan fingerprint density at radius 2 is 2.26 bits per heavy atom. The molecule has 2 aromatic rings. The lowest BCUT2D eigenvalue weighted by Gasteiger charge is -2.04. The average Bonchev–Trinajstić information content (AvgIpc) is 3.12. The smallest absolute Gasteiger partial charge is 0.299 e. The predicted molar refractivity (Wildman–Crippen MR) is 76.0 cm³/mol. The van der Waals surface area contributed by atoms with Crippen LogP contribution in [0.3, 0.4) is 0 Å². The summed E-state index contributed by atoms with van der Waals surface area (Å²) in [5.41, 5.74) is 1.10. The maximum Gasteiger partial charge on any atom is 0.299 e. The van der Waals surface area contributed by atoms with E-state index in [2.05, 4.69) is 15.5 Å². The summed E-state index contributed by atoms with van der Waals surface area (Å²) in [6, 6.07) is 6.33. The van der Waals surface area contributed by atoms with E-state index >= 15 is 0 Å². The van der Waals surface area contributed by atoms with E-state index in [1.807, 2.05) is 25.1 Å². The second-order valence-corrected chi connectivity index (χ2v) is 6.08. The molecule has 0 bridgehead atoms. The first kappa shape index (κ1) is 12.8. The first-order chi connectivity index (χ1) is 9.20. The molecule has 0 radical (unpaired) electrons. The molecule has 1 aromatic carbocycles. The highest BCUT2D eigenvalue weighted by atomic mass is 35.5. The van der Waals surface area contributed by atoms with Crippen LogP contribution < -0.4 is 10.1 Å². The van der Waals surface area contributed by atoms with E-state index in [1.54, 1.807) is 0 Å². The van der Waals surface area contributed by atoms with Crippen molar-refractivity contribution in [2.75, 3.05) is 0 Å². The molecule has 1 aliphatic rings. The highest BCUT2D eigenvalue weighted by Crippen LogP contribution is 2.31. The zero-order valence-electron chi connectivity index (χ0n) is 10.5. The molecule has 1 saturated carbocycles. The van der Waals surface area contributed by atoms with Gasteiger partial charge < -0.3 is 10.1 Å². The summed E-state index contributed by atoms with van der Waals surface area (Å²) in [5.74, 6) is 0.625. The second-order valence-electron chi connectivity index (χ2n) is 4.65.